The van der Waals surface area contributed by atoms with Gasteiger partial charge in [0.2, 0.25) is 0 Å². The van der Waals surface area contributed by atoms with Gasteiger partial charge in [-0.05, 0) is 12.1 Å². The van der Waals surface area contributed by atoms with Crippen LogP contribution in [0.4, 0.5) is 4.39 Å². The van der Waals surface area contributed by atoms with Crippen molar-refractivity contribution in [2.45, 2.75) is 6.04 Å². The monoisotopic (exact) mass is 256 g/mol. The Morgan fingerprint density at radius 2 is 2.28 bits per heavy atom. The zero-order chi connectivity index (χ0) is 13.7. The van der Waals surface area contributed by atoms with Gasteiger partial charge in [0.15, 0.2) is 0 Å². The van der Waals surface area contributed by atoms with E-state index in [0.29, 0.717) is 6.61 Å². The van der Waals surface area contributed by atoms with E-state index in [2.05, 4.69) is 0 Å². The van der Waals surface area contributed by atoms with Crippen LogP contribution in [0.5, 0.6) is 5.75 Å². The number of methoxy groups -OCH3 is 1. The Balaban J connectivity index is 2.74. The fraction of sp³-hybridized carbons (Fsp3) is 0.417. The number of amides is 1. The molecule has 1 rings (SSSR count). The highest BCUT2D eigenvalue weighted by Crippen LogP contribution is 2.16. The number of hydrogen-bond acceptors (Lipinski definition) is 4. The molecule has 0 aromatic heterocycles. The Morgan fingerprint density at radius 1 is 1.61 bits per heavy atom. The molecule has 0 aliphatic heterocycles. The van der Waals surface area contributed by atoms with E-state index in [1.54, 1.807) is 0 Å². The Kier molecular flexibility index (Phi) is 5.06. The lowest BCUT2D eigenvalue weighted by Crippen LogP contribution is -2.41. The van der Waals surface area contributed by atoms with Crippen LogP contribution in [0, 0.1) is 5.82 Å². The molecule has 1 atom stereocenters. The van der Waals surface area contributed by atoms with Gasteiger partial charge in [0.1, 0.15) is 11.6 Å². The van der Waals surface area contributed by atoms with Gasteiger partial charge in [0.25, 0.3) is 5.91 Å². The number of nitrogens with zero attached hydrogens (tertiary/aromatic N) is 1. The highest BCUT2D eigenvalue weighted by atomic mass is 19.1. The second-order valence-corrected chi connectivity index (χ2v) is 4.07. The number of carbonyl (C=O) groups is 1. The molecule has 18 heavy (non-hydrogen) atoms. The molecule has 1 amide bonds. The van der Waals surface area contributed by atoms with Crippen LogP contribution in [-0.4, -0.2) is 49.3 Å². The van der Waals surface area contributed by atoms with Crippen molar-refractivity contribution in [3.05, 3.63) is 29.6 Å². The van der Waals surface area contributed by atoms with Crippen molar-refractivity contribution in [3.8, 4) is 5.75 Å². The van der Waals surface area contributed by atoms with Crippen LogP contribution < -0.4 is 5.73 Å². The van der Waals surface area contributed by atoms with E-state index in [1.165, 1.54) is 31.2 Å². The van der Waals surface area contributed by atoms with Crippen LogP contribution in [0.3, 0.4) is 0 Å². The van der Waals surface area contributed by atoms with Crippen molar-refractivity contribution in [1.82, 2.24) is 4.90 Å². The minimum absolute atomic E-state index is 0.0973. The van der Waals surface area contributed by atoms with Gasteiger partial charge in [-0.1, -0.05) is 0 Å². The molecule has 0 saturated heterocycles. The highest BCUT2D eigenvalue weighted by molar-refractivity contribution is 5.94. The quantitative estimate of drug-likeness (QED) is 0.808. The number of aromatic hydroxyl groups is 1. The second-order valence-electron chi connectivity index (χ2n) is 4.07. The molecule has 0 aliphatic carbocycles. The number of likely N-dealkylation sites (N-methyl/N-ethyl adjacent to an activating group) is 1. The standard InChI is InChI=1S/C12H17FN2O3/c1-15(6-8(14)7-18-2)12(17)10-4-3-9(16)5-11(10)13/h3-5,8,16H,6-7,14H2,1-2H3. The Hall–Kier alpha value is -1.66. The molecular formula is C12H17FN2O3. The van der Waals surface area contributed by atoms with Crippen molar-refractivity contribution in [3.63, 3.8) is 0 Å². The normalized spacial score (nSPS) is 12.2. The number of phenolic OH excluding ortho intramolecular Hbond substituents is 1. The molecule has 0 aliphatic rings. The van der Waals surface area contributed by atoms with Gasteiger partial charge in [0, 0.05) is 32.8 Å². The molecule has 5 nitrogen and oxygen atoms in total. The SMILES string of the molecule is COCC(N)CN(C)C(=O)c1ccc(O)cc1F. The maximum absolute atomic E-state index is 13.5. The number of nitrogens with two attached hydrogens (primary N) is 1. The van der Waals surface area contributed by atoms with E-state index >= 15 is 0 Å². The van der Waals surface area contributed by atoms with Gasteiger partial charge < -0.3 is 20.5 Å². The Labute approximate surface area is 105 Å². The number of halogens is 1. The first-order chi connectivity index (χ1) is 8.45. The molecule has 0 radical (unpaired) electrons. The van der Waals surface area contributed by atoms with Gasteiger partial charge in [0.05, 0.1) is 12.2 Å². The maximum atomic E-state index is 13.5. The summed E-state index contributed by atoms with van der Waals surface area (Å²) >= 11 is 0. The van der Waals surface area contributed by atoms with E-state index in [1.807, 2.05) is 0 Å². The summed E-state index contributed by atoms with van der Waals surface area (Å²) in [6.07, 6.45) is 0. The molecule has 0 fully saturated rings. The molecule has 1 aromatic rings. The van der Waals surface area contributed by atoms with E-state index in [4.69, 9.17) is 15.6 Å². The predicted octanol–water partition coefficient (Wildman–Crippen LogP) is 0.577. The number of benzene rings is 1. The van der Waals surface area contributed by atoms with Crippen LogP contribution in [0.1, 0.15) is 10.4 Å². The number of carbonyl (C=O) groups excluding carboxylic acids is 1. The summed E-state index contributed by atoms with van der Waals surface area (Å²) in [5, 5.41) is 9.07. The Morgan fingerprint density at radius 3 is 2.83 bits per heavy atom. The molecular weight excluding hydrogens is 239 g/mol. The third-order valence-electron chi connectivity index (χ3n) is 2.42. The zero-order valence-corrected chi connectivity index (χ0v) is 10.4. The summed E-state index contributed by atoms with van der Waals surface area (Å²) in [6.45, 7) is 0.572. The van der Waals surface area contributed by atoms with Crippen molar-refractivity contribution < 1.29 is 19.0 Å². The van der Waals surface area contributed by atoms with E-state index in [-0.39, 0.29) is 23.9 Å². The second kappa shape index (κ2) is 6.32. The largest absolute Gasteiger partial charge is 0.508 e. The van der Waals surface area contributed by atoms with Crippen LogP contribution in [0.25, 0.3) is 0 Å². The third-order valence-corrected chi connectivity index (χ3v) is 2.42. The first-order valence-electron chi connectivity index (χ1n) is 5.44. The smallest absolute Gasteiger partial charge is 0.256 e. The summed E-state index contributed by atoms with van der Waals surface area (Å²) in [4.78, 5) is 13.2. The summed E-state index contributed by atoms with van der Waals surface area (Å²) in [6, 6.07) is 3.07. The molecule has 3 N–H and O–H groups in total. The third kappa shape index (κ3) is 3.68. The average molecular weight is 256 g/mol. The van der Waals surface area contributed by atoms with Gasteiger partial charge >= 0.3 is 0 Å². The van der Waals surface area contributed by atoms with E-state index < -0.39 is 11.7 Å². The first-order valence-corrected chi connectivity index (χ1v) is 5.44. The fourth-order valence-electron chi connectivity index (χ4n) is 1.58. The van der Waals surface area contributed by atoms with Crippen molar-refractivity contribution in [1.29, 1.82) is 0 Å². The lowest BCUT2D eigenvalue weighted by Gasteiger charge is -2.21. The van der Waals surface area contributed by atoms with E-state index in [0.717, 1.165) is 6.07 Å². The van der Waals surface area contributed by atoms with Crippen LogP contribution in [-0.2, 0) is 4.74 Å². The number of ether oxygens (including phenoxy) is 1. The summed E-state index contributed by atoms with van der Waals surface area (Å²) in [5.41, 5.74) is 5.61. The fourth-order valence-corrected chi connectivity index (χ4v) is 1.58. The molecule has 6 heteroatoms. The zero-order valence-electron chi connectivity index (χ0n) is 10.4. The van der Waals surface area contributed by atoms with Gasteiger partial charge in [-0.3, -0.25) is 4.79 Å². The van der Waals surface area contributed by atoms with Crippen LogP contribution in [0.2, 0.25) is 0 Å². The van der Waals surface area contributed by atoms with Crippen LogP contribution in [0.15, 0.2) is 18.2 Å². The molecule has 100 valence electrons. The lowest BCUT2D eigenvalue weighted by molar-refractivity contribution is 0.0760. The molecule has 0 spiro atoms. The topological polar surface area (TPSA) is 75.8 Å². The number of rotatable bonds is 5. The minimum Gasteiger partial charge on any atom is -0.508 e. The summed E-state index contributed by atoms with van der Waals surface area (Å²) < 4.78 is 18.3. The predicted molar refractivity (Wildman–Crippen MR) is 64.9 cm³/mol. The molecule has 0 saturated carbocycles. The minimum atomic E-state index is -0.757. The van der Waals surface area contributed by atoms with Crippen LogP contribution >= 0.6 is 0 Å². The molecule has 0 bridgehead atoms. The summed E-state index contributed by atoms with van der Waals surface area (Å²) in [5.74, 6) is -1.46. The number of hydrogen-bond donors (Lipinski definition) is 2. The molecule has 1 unspecified atom stereocenters. The van der Waals surface area contributed by atoms with Gasteiger partial charge in [-0.25, -0.2) is 4.39 Å². The van der Waals surface area contributed by atoms with E-state index in [9.17, 15) is 9.18 Å². The summed E-state index contributed by atoms with van der Waals surface area (Å²) in [7, 11) is 3.05. The lowest BCUT2D eigenvalue weighted by atomic mass is 10.1. The maximum Gasteiger partial charge on any atom is 0.256 e. The Bertz CT molecular complexity index is 426. The first kappa shape index (κ1) is 14.4. The van der Waals surface area contributed by atoms with Crippen molar-refractivity contribution in [2.75, 3.05) is 27.3 Å². The van der Waals surface area contributed by atoms with Gasteiger partial charge in [-0.2, -0.15) is 0 Å². The molecule has 1 aromatic carbocycles. The number of phenols is 1. The van der Waals surface area contributed by atoms with Crippen molar-refractivity contribution >= 4 is 5.91 Å². The highest BCUT2D eigenvalue weighted by Gasteiger charge is 2.18. The van der Waals surface area contributed by atoms with Crippen molar-refractivity contribution in [2.24, 2.45) is 5.73 Å². The van der Waals surface area contributed by atoms with Gasteiger partial charge in [-0.15, -0.1) is 0 Å². The average Bonchev–Trinajstić information content (AvgIpc) is 2.28. The molecule has 0 heterocycles.